The van der Waals surface area contributed by atoms with Gasteiger partial charge in [0.05, 0.1) is 6.54 Å². The Morgan fingerprint density at radius 1 is 1.12 bits per heavy atom. The Kier molecular flexibility index (Phi) is 6.01. The predicted octanol–water partition coefficient (Wildman–Crippen LogP) is -0.264. The number of nitrogens with one attached hydrogen (secondary N) is 3. The van der Waals surface area contributed by atoms with Gasteiger partial charge in [0.2, 0.25) is 0 Å². The summed E-state index contributed by atoms with van der Waals surface area (Å²) in [5.74, 6) is 0.171. The first-order chi connectivity index (χ1) is 11.7. The van der Waals surface area contributed by atoms with Crippen molar-refractivity contribution < 1.29 is 14.6 Å². The van der Waals surface area contributed by atoms with Crippen LogP contribution in [0.25, 0.3) is 0 Å². The molecule has 1 aromatic carbocycles. The van der Waals surface area contributed by atoms with Gasteiger partial charge in [-0.15, -0.1) is 11.3 Å². The quantitative estimate of drug-likeness (QED) is 0.663. The Balaban J connectivity index is 1.42. The van der Waals surface area contributed by atoms with Gasteiger partial charge in [-0.3, -0.25) is 4.79 Å². The van der Waals surface area contributed by atoms with Crippen molar-refractivity contribution in [2.45, 2.75) is 26.1 Å². The Morgan fingerprint density at radius 2 is 1.88 bits per heavy atom. The van der Waals surface area contributed by atoms with E-state index in [4.69, 9.17) is 0 Å². The van der Waals surface area contributed by atoms with Crippen molar-refractivity contribution >= 4 is 17.2 Å². The Hall–Kier alpha value is -1.69. The standard InChI is InChI=1S/C19H25N3OS/c1-16(19(23)20-14-18-8-5-13-24-18)22-11-9-21(10-12-22)15-17-6-3-2-4-7-17/h2-8,13,16H,9-12,14-15H2,1H3,(H,20,23)/p+2/t16-/m0/s1. The summed E-state index contributed by atoms with van der Waals surface area (Å²) in [5.41, 5.74) is 1.40. The summed E-state index contributed by atoms with van der Waals surface area (Å²) < 4.78 is 0. The van der Waals surface area contributed by atoms with Crippen LogP contribution in [0.5, 0.6) is 0 Å². The molecule has 5 heteroatoms. The van der Waals surface area contributed by atoms with E-state index < -0.39 is 0 Å². The molecular weight excluding hydrogens is 318 g/mol. The first-order valence-electron chi connectivity index (χ1n) is 8.74. The summed E-state index contributed by atoms with van der Waals surface area (Å²) >= 11 is 1.69. The fourth-order valence-electron chi connectivity index (χ4n) is 3.34. The van der Waals surface area contributed by atoms with Crippen molar-refractivity contribution in [1.82, 2.24) is 5.32 Å². The Labute approximate surface area is 148 Å². The minimum absolute atomic E-state index is 0.0308. The van der Waals surface area contributed by atoms with Gasteiger partial charge in [-0.05, 0) is 18.4 Å². The number of carbonyl (C=O) groups is 1. The SMILES string of the molecule is C[C@@H](C(=O)NCc1cccs1)[NH+]1CC[NH+](Cc2ccccc2)CC1. The lowest BCUT2D eigenvalue weighted by molar-refractivity contribution is -1.02. The minimum Gasteiger partial charge on any atom is -0.346 e. The highest BCUT2D eigenvalue weighted by Crippen LogP contribution is 2.07. The van der Waals surface area contributed by atoms with E-state index in [1.54, 1.807) is 16.2 Å². The molecule has 24 heavy (non-hydrogen) atoms. The highest BCUT2D eigenvalue weighted by atomic mass is 32.1. The van der Waals surface area contributed by atoms with Crippen LogP contribution in [0.4, 0.5) is 0 Å². The third-order valence-electron chi connectivity index (χ3n) is 4.92. The molecule has 3 N–H and O–H groups in total. The molecule has 1 atom stereocenters. The van der Waals surface area contributed by atoms with Gasteiger partial charge in [0.25, 0.3) is 5.91 Å². The van der Waals surface area contributed by atoms with E-state index >= 15 is 0 Å². The van der Waals surface area contributed by atoms with Crippen LogP contribution in [-0.2, 0) is 17.9 Å². The van der Waals surface area contributed by atoms with E-state index in [2.05, 4.69) is 48.6 Å². The van der Waals surface area contributed by atoms with Gasteiger partial charge in [-0.2, -0.15) is 0 Å². The number of carbonyl (C=O) groups excluding carboxylic acids is 1. The first-order valence-corrected chi connectivity index (χ1v) is 9.62. The van der Waals surface area contributed by atoms with Crippen molar-refractivity contribution in [3.63, 3.8) is 0 Å². The van der Waals surface area contributed by atoms with E-state index in [1.807, 2.05) is 11.4 Å². The van der Waals surface area contributed by atoms with E-state index in [-0.39, 0.29) is 11.9 Å². The zero-order chi connectivity index (χ0) is 16.8. The number of thiophene rings is 1. The first kappa shape index (κ1) is 17.1. The molecule has 1 saturated heterocycles. The average Bonchev–Trinajstić information content (AvgIpc) is 3.14. The molecule has 128 valence electrons. The van der Waals surface area contributed by atoms with Gasteiger partial charge >= 0.3 is 0 Å². The number of amides is 1. The third kappa shape index (κ3) is 4.66. The molecule has 2 heterocycles. The molecule has 1 amide bonds. The van der Waals surface area contributed by atoms with Crippen molar-refractivity contribution in [2.24, 2.45) is 0 Å². The molecule has 0 aliphatic carbocycles. The molecule has 1 fully saturated rings. The molecule has 0 saturated carbocycles. The zero-order valence-corrected chi connectivity index (χ0v) is 15.1. The molecule has 0 bridgehead atoms. The van der Waals surface area contributed by atoms with Crippen molar-refractivity contribution in [3.05, 3.63) is 58.3 Å². The number of piperazine rings is 1. The summed E-state index contributed by atoms with van der Waals surface area (Å²) in [6.45, 7) is 8.19. The van der Waals surface area contributed by atoms with Gasteiger partial charge in [-0.25, -0.2) is 0 Å². The molecule has 1 aliphatic heterocycles. The fraction of sp³-hybridized carbons (Fsp3) is 0.421. The van der Waals surface area contributed by atoms with Gasteiger partial charge in [0.15, 0.2) is 6.04 Å². The summed E-state index contributed by atoms with van der Waals surface area (Å²) in [4.78, 5) is 16.6. The second-order valence-corrected chi connectivity index (χ2v) is 7.62. The summed E-state index contributed by atoms with van der Waals surface area (Å²) in [6, 6.07) is 14.8. The van der Waals surface area contributed by atoms with Crippen molar-refractivity contribution in [2.75, 3.05) is 26.2 Å². The Morgan fingerprint density at radius 3 is 2.54 bits per heavy atom. The molecule has 2 aromatic rings. The van der Waals surface area contributed by atoms with Crippen LogP contribution in [-0.4, -0.2) is 38.1 Å². The highest BCUT2D eigenvalue weighted by molar-refractivity contribution is 7.09. The topological polar surface area (TPSA) is 38.0 Å². The molecule has 1 aliphatic rings. The van der Waals surface area contributed by atoms with Crippen LogP contribution < -0.4 is 15.1 Å². The van der Waals surface area contributed by atoms with Crippen molar-refractivity contribution in [1.29, 1.82) is 0 Å². The van der Waals surface area contributed by atoms with Gasteiger partial charge in [-0.1, -0.05) is 36.4 Å². The average molecular weight is 346 g/mol. The minimum atomic E-state index is 0.0308. The normalized spacial score (nSPS) is 22.0. The lowest BCUT2D eigenvalue weighted by Gasteiger charge is -2.32. The van der Waals surface area contributed by atoms with Gasteiger partial charge in [0.1, 0.15) is 32.7 Å². The molecule has 1 aromatic heterocycles. The van der Waals surface area contributed by atoms with E-state index in [0.717, 1.165) is 32.7 Å². The van der Waals surface area contributed by atoms with Gasteiger partial charge < -0.3 is 15.1 Å². The molecule has 3 rings (SSSR count). The van der Waals surface area contributed by atoms with E-state index in [1.165, 1.54) is 15.3 Å². The summed E-state index contributed by atoms with van der Waals surface area (Å²) in [5, 5.41) is 5.12. The highest BCUT2D eigenvalue weighted by Gasteiger charge is 2.30. The number of benzene rings is 1. The smallest absolute Gasteiger partial charge is 0.278 e. The number of hydrogen-bond acceptors (Lipinski definition) is 2. The van der Waals surface area contributed by atoms with E-state index in [0.29, 0.717) is 6.54 Å². The lowest BCUT2D eigenvalue weighted by atomic mass is 10.1. The second-order valence-electron chi connectivity index (χ2n) is 6.59. The maximum absolute atomic E-state index is 12.4. The van der Waals surface area contributed by atoms with Crippen LogP contribution in [0.1, 0.15) is 17.4 Å². The maximum Gasteiger partial charge on any atom is 0.278 e. The molecule has 0 unspecified atom stereocenters. The predicted molar refractivity (Wildman–Crippen MR) is 97.2 cm³/mol. The summed E-state index contributed by atoms with van der Waals surface area (Å²) in [7, 11) is 0. The van der Waals surface area contributed by atoms with Crippen LogP contribution in [0.2, 0.25) is 0 Å². The monoisotopic (exact) mass is 345 g/mol. The molecule has 4 nitrogen and oxygen atoms in total. The second kappa shape index (κ2) is 8.42. The third-order valence-corrected chi connectivity index (χ3v) is 5.80. The van der Waals surface area contributed by atoms with Crippen LogP contribution in [0.3, 0.4) is 0 Å². The summed E-state index contributed by atoms with van der Waals surface area (Å²) in [6.07, 6.45) is 0. The lowest BCUT2D eigenvalue weighted by Crippen LogP contribution is -3.29. The number of hydrogen-bond donors (Lipinski definition) is 3. The zero-order valence-electron chi connectivity index (χ0n) is 14.3. The molecule has 0 spiro atoms. The number of quaternary nitrogens is 2. The Bertz CT molecular complexity index is 621. The fourth-order valence-corrected chi connectivity index (χ4v) is 3.99. The van der Waals surface area contributed by atoms with Crippen LogP contribution >= 0.6 is 11.3 Å². The molecular formula is C19H27N3OS+2. The van der Waals surface area contributed by atoms with Crippen molar-refractivity contribution in [3.8, 4) is 0 Å². The maximum atomic E-state index is 12.4. The van der Waals surface area contributed by atoms with Crippen LogP contribution in [0, 0.1) is 0 Å². The number of rotatable bonds is 6. The van der Waals surface area contributed by atoms with Gasteiger partial charge in [0, 0.05) is 10.4 Å². The molecule has 0 radical (unpaired) electrons. The van der Waals surface area contributed by atoms with E-state index in [9.17, 15) is 4.79 Å². The van der Waals surface area contributed by atoms with Crippen LogP contribution in [0.15, 0.2) is 47.8 Å². The largest absolute Gasteiger partial charge is 0.346 e.